The van der Waals surface area contributed by atoms with E-state index in [-0.39, 0.29) is 0 Å². The van der Waals surface area contributed by atoms with Crippen molar-refractivity contribution >= 4 is 38.5 Å². The number of aliphatic hydroxyl groups excluding tert-OH is 1. The highest BCUT2D eigenvalue weighted by atomic mass is 127. The molecular formula is C11H10BrIN2O. The van der Waals surface area contributed by atoms with E-state index in [2.05, 4.69) is 43.6 Å². The molecule has 1 aromatic heterocycles. The van der Waals surface area contributed by atoms with Crippen molar-refractivity contribution in [2.45, 2.75) is 13.0 Å². The largest absolute Gasteiger partial charge is 0.389 e. The van der Waals surface area contributed by atoms with Crippen LogP contribution in [0.1, 0.15) is 18.6 Å². The zero-order valence-electron chi connectivity index (χ0n) is 8.56. The van der Waals surface area contributed by atoms with Crippen LogP contribution < -0.4 is 0 Å². The van der Waals surface area contributed by atoms with Crippen LogP contribution in [-0.4, -0.2) is 14.9 Å². The molecule has 0 radical (unpaired) electrons. The number of hydrogen-bond donors (Lipinski definition) is 1. The molecule has 1 aromatic carbocycles. The Morgan fingerprint density at radius 1 is 1.50 bits per heavy atom. The number of hydrogen-bond acceptors (Lipinski definition) is 2. The summed E-state index contributed by atoms with van der Waals surface area (Å²) in [6.45, 7) is 1.75. The van der Waals surface area contributed by atoms with E-state index in [0.717, 1.165) is 19.3 Å². The first-order chi connectivity index (χ1) is 7.58. The van der Waals surface area contributed by atoms with E-state index in [1.807, 2.05) is 24.4 Å². The molecule has 0 saturated carbocycles. The van der Waals surface area contributed by atoms with Crippen molar-refractivity contribution in [1.29, 1.82) is 0 Å². The fraction of sp³-hybridized carbons (Fsp3) is 0.182. The monoisotopic (exact) mass is 392 g/mol. The van der Waals surface area contributed by atoms with Gasteiger partial charge < -0.3 is 5.11 Å². The lowest BCUT2D eigenvalue weighted by atomic mass is 10.1. The van der Waals surface area contributed by atoms with Gasteiger partial charge in [0.25, 0.3) is 0 Å². The van der Waals surface area contributed by atoms with Gasteiger partial charge in [-0.1, -0.05) is 6.07 Å². The molecule has 0 saturated heterocycles. The highest BCUT2D eigenvalue weighted by molar-refractivity contribution is 14.1. The third-order valence-electron chi connectivity index (χ3n) is 2.25. The van der Waals surface area contributed by atoms with E-state index in [1.165, 1.54) is 0 Å². The van der Waals surface area contributed by atoms with Crippen molar-refractivity contribution in [3.05, 3.63) is 44.2 Å². The van der Waals surface area contributed by atoms with Gasteiger partial charge in [0.2, 0.25) is 0 Å². The van der Waals surface area contributed by atoms with Gasteiger partial charge in [0, 0.05) is 10.7 Å². The molecule has 0 fully saturated rings. The van der Waals surface area contributed by atoms with Gasteiger partial charge in [-0.05, 0) is 63.1 Å². The smallest absolute Gasteiger partial charge is 0.0788 e. The van der Waals surface area contributed by atoms with Crippen molar-refractivity contribution in [2.24, 2.45) is 0 Å². The van der Waals surface area contributed by atoms with Crippen LogP contribution in [0.25, 0.3) is 5.69 Å². The molecule has 0 unspecified atom stereocenters. The predicted octanol–water partition coefficient (Wildman–Crippen LogP) is 3.29. The van der Waals surface area contributed by atoms with Crippen LogP contribution in [0.2, 0.25) is 0 Å². The number of rotatable bonds is 2. The Morgan fingerprint density at radius 2 is 2.25 bits per heavy atom. The summed E-state index contributed by atoms with van der Waals surface area (Å²) in [7, 11) is 0. The number of nitrogens with zero attached hydrogens (tertiary/aromatic N) is 2. The van der Waals surface area contributed by atoms with E-state index in [0.29, 0.717) is 0 Å². The number of aliphatic hydroxyl groups is 1. The van der Waals surface area contributed by atoms with Crippen LogP contribution in [0.15, 0.2) is 35.1 Å². The second-order valence-electron chi connectivity index (χ2n) is 3.49. The van der Waals surface area contributed by atoms with Crippen LogP contribution in [0.4, 0.5) is 0 Å². The minimum Gasteiger partial charge on any atom is -0.389 e. The standard InChI is InChI=1S/C11H10BrIN2O/c1-7(16)8-2-3-11(10(12)4-8)15-6-9(13)5-14-15/h2-7,16H,1H3/t7-/m0/s1. The molecule has 2 rings (SSSR count). The Bertz CT molecular complexity index is 510. The van der Waals surface area contributed by atoms with Crippen molar-refractivity contribution in [3.63, 3.8) is 0 Å². The van der Waals surface area contributed by atoms with Gasteiger partial charge in [-0.2, -0.15) is 5.10 Å². The maximum absolute atomic E-state index is 9.47. The number of halogens is 2. The third kappa shape index (κ3) is 2.46. The normalized spacial score (nSPS) is 12.8. The fourth-order valence-electron chi connectivity index (χ4n) is 1.40. The molecule has 0 aliphatic heterocycles. The summed E-state index contributed by atoms with van der Waals surface area (Å²) in [6.07, 6.45) is 3.29. The van der Waals surface area contributed by atoms with Crippen molar-refractivity contribution in [3.8, 4) is 5.69 Å². The zero-order chi connectivity index (χ0) is 11.7. The van der Waals surface area contributed by atoms with E-state index in [4.69, 9.17) is 0 Å². The van der Waals surface area contributed by atoms with E-state index in [1.54, 1.807) is 17.8 Å². The minimum absolute atomic E-state index is 0.455. The quantitative estimate of drug-likeness (QED) is 0.796. The van der Waals surface area contributed by atoms with Gasteiger partial charge in [0.05, 0.1) is 21.6 Å². The predicted molar refractivity (Wildman–Crippen MR) is 74.6 cm³/mol. The highest BCUT2D eigenvalue weighted by Gasteiger charge is 2.07. The van der Waals surface area contributed by atoms with Crippen LogP contribution in [-0.2, 0) is 0 Å². The van der Waals surface area contributed by atoms with Gasteiger partial charge in [0.1, 0.15) is 0 Å². The summed E-state index contributed by atoms with van der Waals surface area (Å²) in [5, 5.41) is 13.7. The second kappa shape index (κ2) is 4.85. The lowest BCUT2D eigenvalue weighted by Gasteiger charge is -2.09. The topological polar surface area (TPSA) is 38.0 Å². The highest BCUT2D eigenvalue weighted by Crippen LogP contribution is 2.25. The molecule has 5 heteroatoms. The molecule has 0 amide bonds. The molecule has 3 nitrogen and oxygen atoms in total. The van der Waals surface area contributed by atoms with Gasteiger partial charge in [-0.15, -0.1) is 0 Å². The second-order valence-corrected chi connectivity index (χ2v) is 5.59. The molecule has 1 N–H and O–H groups in total. The lowest BCUT2D eigenvalue weighted by Crippen LogP contribution is -1.98. The average molecular weight is 393 g/mol. The summed E-state index contributed by atoms with van der Waals surface area (Å²) in [6, 6.07) is 5.75. The molecule has 1 heterocycles. The van der Waals surface area contributed by atoms with Crippen LogP contribution in [0.3, 0.4) is 0 Å². The Balaban J connectivity index is 2.44. The Morgan fingerprint density at radius 3 is 2.75 bits per heavy atom. The van der Waals surface area contributed by atoms with Crippen molar-refractivity contribution in [2.75, 3.05) is 0 Å². The third-order valence-corrected chi connectivity index (χ3v) is 3.44. The minimum atomic E-state index is -0.455. The SMILES string of the molecule is C[C@H](O)c1ccc(-n2cc(I)cn2)c(Br)c1. The maximum atomic E-state index is 9.47. The molecule has 0 spiro atoms. The summed E-state index contributed by atoms with van der Waals surface area (Å²) in [5.74, 6) is 0. The number of aromatic nitrogens is 2. The van der Waals surface area contributed by atoms with Crippen molar-refractivity contribution < 1.29 is 5.11 Å². The van der Waals surface area contributed by atoms with Gasteiger partial charge in [-0.25, -0.2) is 4.68 Å². The van der Waals surface area contributed by atoms with Crippen LogP contribution in [0, 0.1) is 3.57 Å². The molecule has 2 aromatic rings. The molecule has 16 heavy (non-hydrogen) atoms. The average Bonchev–Trinajstić information content (AvgIpc) is 2.64. The zero-order valence-corrected chi connectivity index (χ0v) is 12.3. The van der Waals surface area contributed by atoms with Gasteiger partial charge in [0.15, 0.2) is 0 Å². The lowest BCUT2D eigenvalue weighted by molar-refractivity contribution is 0.199. The summed E-state index contributed by atoms with van der Waals surface area (Å²) in [4.78, 5) is 0. The molecule has 84 valence electrons. The number of benzene rings is 1. The fourth-order valence-corrected chi connectivity index (χ4v) is 2.37. The molecule has 0 aliphatic rings. The van der Waals surface area contributed by atoms with Gasteiger partial charge >= 0.3 is 0 Å². The summed E-state index contributed by atoms with van der Waals surface area (Å²) in [5.41, 5.74) is 1.85. The Labute approximate surface area is 116 Å². The van der Waals surface area contributed by atoms with Crippen LogP contribution in [0.5, 0.6) is 0 Å². The maximum Gasteiger partial charge on any atom is 0.0788 e. The molecule has 0 aliphatic carbocycles. The first kappa shape index (κ1) is 12.1. The summed E-state index contributed by atoms with van der Waals surface area (Å²) >= 11 is 5.70. The van der Waals surface area contributed by atoms with Crippen molar-refractivity contribution in [1.82, 2.24) is 9.78 Å². The van der Waals surface area contributed by atoms with E-state index in [9.17, 15) is 5.11 Å². The first-order valence-corrected chi connectivity index (χ1v) is 6.63. The van der Waals surface area contributed by atoms with Gasteiger partial charge in [-0.3, -0.25) is 0 Å². The Kier molecular flexibility index (Phi) is 3.66. The van der Waals surface area contributed by atoms with E-state index < -0.39 is 6.10 Å². The molecule has 0 bridgehead atoms. The molecule has 1 atom stereocenters. The molecular weight excluding hydrogens is 383 g/mol. The van der Waals surface area contributed by atoms with Crippen LogP contribution >= 0.6 is 38.5 Å². The summed E-state index contributed by atoms with van der Waals surface area (Å²) < 4.78 is 3.81. The van der Waals surface area contributed by atoms with E-state index >= 15 is 0 Å². The Hall–Kier alpha value is -0.400. The first-order valence-electron chi connectivity index (χ1n) is 4.76.